The molecule has 24 heavy (non-hydrogen) atoms. The molecule has 0 aliphatic carbocycles. The predicted octanol–water partition coefficient (Wildman–Crippen LogP) is 3.39. The summed E-state index contributed by atoms with van der Waals surface area (Å²) in [5, 5.41) is 11.0. The molecule has 0 aliphatic heterocycles. The minimum Gasteiger partial charge on any atom is -0.475 e. The maximum Gasteiger partial charge on any atom is 0.310 e. The number of aromatic amines is 1. The topological polar surface area (TPSA) is 102 Å². The van der Waals surface area contributed by atoms with Crippen molar-refractivity contribution >= 4 is 17.3 Å². The molecule has 0 fully saturated rings. The van der Waals surface area contributed by atoms with Crippen LogP contribution in [0.1, 0.15) is 46.0 Å². The zero-order chi connectivity index (χ0) is 18.0. The highest BCUT2D eigenvalue weighted by Crippen LogP contribution is 2.28. The number of carbonyl (C=O) groups excluding carboxylic acids is 2. The summed E-state index contributed by atoms with van der Waals surface area (Å²) < 4.78 is 5.49. The Labute approximate surface area is 138 Å². The van der Waals surface area contributed by atoms with Gasteiger partial charge in [-0.15, -0.1) is 0 Å². The lowest BCUT2D eigenvalue weighted by Gasteiger charge is -2.13. The first-order chi connectivity index (χ1) is 11.2. The van der Waals surface area contributed by atoms with Gasteiger partial charge < -0.3 is 9.72 Å². The zero-order valence-corrected chi connectivity index (χ0v) is 13.9. The molecule has 1 aromatic carbocycles. The van der Waals surface area contributed by atoms with Crippen molar-refractivity contribution in [2.24, 2.45) is 0 Å². The number of hydrogen-bond acceptors (Lipinski definition) is 5. The molecule has 1 atom stereocenters. The molecule has 0 radical (unpaired) electrons. The number of ketones is 2. The van der Waals surface area contributed by atoms with E-state index in [0.29, 0.717) is 16.8 Å². The van der Waals surface area contributed by atoms with Crippen LogP contribution in [0.25, 0.3) is 0 Å². The van der Waals surface area contributed by atoms with Gasteiger partial charge in [-0.05, 0) is 39.3 Å². The number of rotatable bonds is 6. The minimum atomic E-state index is -0.942. The van der Waals surface area contributed by atoms with E-state index in [4.69, 9.17) is 4.74 Å². The molecule has 0 amide bonds. The van der Waals surface area contributed by atoms with E-state index < -0.39 is 11.0 Å². The number of H-pyrrole nitrogens is 1. The van der Waals surface area contributed by atoms with Gasteiger partial charge in [-0.3, -0.25) is 19.7 Å². The highest BCUT2D eigenvalue weighted by atomic mass is 16.6. The lowest BCUT2D eigenvalue weighted by molar-refractivity contribution is -0.386. The van der Waals surface area contributed by atoms with Gasteiger partial charge in [0.25, 0.3) is 0 Å². The van der Waals surface area contributed by atoms with Gasteiger partial charge >= 0.3 is 5.69 Å². The van der Waals surface area contributed by atoms with Crippen molar-refractivity contribution in [2.45, 2.75) is 33.8 Å². The third-order valence-corrected chi connectivity index (χ3v) is 3.77. The summed E-state index contributed by atoms with van der Waals surface area (Å²) in [6.07, 6.45) is -0.942. The Bertz CT molecular complexity index is 822. The number of aryl methyl sites for hydroxylation is 1. The molecule has 7 nitrogen and oxygen atoms in total. The second kappa shape index (κ2) is 6.66. The minimum absolute atomic E-state index is 0.0241. The molecule has 1 heterocycles. The molecule has 0 unspecified atom stereocenters. The molecule has 0 saturated carbocycles. The average molecular weight is 330 g/mol. The summed E-state index contributed by atoms with van der Waals surface area (Å²) in [4.78, 5) is 37.6. The molecule has 0 bridgehead atoms. The summed E-state index contributed by atoms with van der Waals surface area (Å²) in [6, 6.07) is 5.87. The first-order valence-electron chi connectivity index (χ1n) is 7.38. The Kier molecular flexibility index (Phi) is 4.82. The SMILES string of the molecule is CC(=O)c1c(C)[nH]c(C(=O)[C@@H](C)Oc2ccccc2[N+](=O)[O-])c1C. The number of Topliss-reactive ketones (excluding diaryl/α,β-unsaturated/α-hetero) is 2. The largest absolute Gasteiger partial charge is 0.475 e. The second-order valence-corrected chi connectivity index (χ2v) is 5.53. The Morgan fingerprint density at radius 1 is 1.25 bits per heavy atom. The van der Waals surface area contributed by atoms with Crippen LogP contribution in [-0.4, -0.2) is 27.6 Å². The molecule has 0 saturated heterocycles. The van der Waals surface area contributed by atoms with Gasteiger partial charge in [0, 0.05) is 17.3 Å². The van der Waals surface area contributed by atoms with Crippen LogP contribution in [0.15, 0.2) is 24.3 Å². The highest BCUT2D eigenvalue weighted by molar-refractivity contribution is 6.04. The Hall–Kier alpha value is -2.96. The Balaban J connectivity index is 2.30. The fourth-order valence-electron chi connectivity index (χ4n) is 2.68. The van der Waals surface area contributed by atoms with Gasteiger partial charge in [-0.2, -0.15) is 0 Å². The van der Waals surface area contributed by atoms with Crippen LogP contribution in [-0.2, 0) is 0 Å². The summed E-state index contributed by atoms with van der Waals surface area (Å²) >= 11 is 0. The number of hydrogen-bond donors (Lipinski definition) is 1. The zero-order valence-electron chi connectivity index (χ0n) is 13.9. The van der Waals surface area contributed by atoms with E-state index in [9.17, 15) is 19.7 Å². The Morgan fingerprint density at radius 2 is 1.88 bits per heavy atom. The monoisotopic (exact) mass is 330 g/mol. The van der Waals surface area contributed by atoms with Crippen molar-refractivity contribution in [3.63, 3.8) is 0 Å². The van der Waals surface area contributed by atoms with Crippen LogP contribution in [0.5, 0.6) is 5.75 Å². The molecular weight excluding hydrogens is 312 g/mol. The van der Waals surface area contributed by atoms with Crippen LogP contribution < -0.4 is 4.74 Å². The van der Waals surface area contributed by atoms with Crippen molar-refractivity contribution in [1.29, 1.82) is 0 Å². The van der Waals surface area contributed by atoms with E-state index in [-0.39, 0.29) is 28.7 Å². The molecule has 7 heteroatoms. The second-order valence-electron chi connectivity index (χ2n) is 5.53. The van der Waals surface area contributed by atoms with Crippen molar-refractivity contribution in [3.05, 3.63) is 56.9 Å². The standard InChI is InChI=1S/C17H18N2O5/c1-9-15(11(3)20)10(2)18-16(9)17(21)12(4)24-14-8-6-5-7-13(14)19(22)23/h5-8,12,18H,1-4H3/t12-/m1/s1. The van der Waals surface area contributed by atoms with Crippen LogP contribution in [0, 0.1) is 24.0 Å². The summed E-state index contributed by atoms with van der Waals surface area (Å²) in [6.45, 7) is 6.35. The summed E-state index contributed by atoms with van der Waals surface area (Å²) in [7, 11) is 0. The van der Waals surface area contributed by atoms with Crippen molar-refractivity contribution in [1.82, 2.24) is 4.98 Å². The van der Waals surface area contributed by atoms with E-state index in [1.165, 1.54) is 32.0 Å². The fourth-order valence-corrected chi connectivity index (χ4v) is 2.68. The average Bonchev–Trinajstić information content (AvgIpc) is 2.81. The molecular formula is C17H18N2O5. The normalized spacial score (nSPS) is 11.8. The van der Waals surface area contributed by atoms with Crippen LogP contribution in [0.4, 0.5) is 5.69 Å². The molecule has 1 N–H and O–H groups in total. The van der Waals surface area contributed by atoms with E-state index >= 15 is 0 Å². The molecule has 2 aromatic rings. The molecule has 0 aliphatic rings. The highest BCUT2D eigenvalue weighted by Gasteiger charge is 2.26. The number of nitro benzene ring substituents is 1. The third kappa shape index (κ3) is 3.19. The fraction of sp³-hybridized carbons (Fsp3) is 0.294. The summed E-state index contributed by atoms with van der Waals surface area (Å²) in [5.74, 6) is -0.482. The van der Waals surface area contributed by atoms with Gasteiger partial charge in [0.2, 0.25) is 5.78 Å². The van der Waals surface area contributed by atoms with Gasteiger partial charge in [-0.25, -0.2) is 0 Å². The van der Waals surface area contributed by atoms with Crippen LogP contribution >= 0.6 is 0 Å². The molecule has 2 rings (SSSR count). The lowest BCUT2D eigenvalue weighted by atomic mass is 10.0. The molecule has 126 valence electrons. The smallest absolute Gasteiger partial charge is 0.310 e. The van der Waals surface area contributed by atoms with E-state index in [2.05, 4.69) is 4.98 Å². The summed E-state index contributed by atoms with van der Waals surface area (Å²) in [5.41, 5.74) is 1.73. The van der Waals surface area contributed by atoms with Crippen LogP contribution in [0.3, 0.4) is 0 Å². The predicted molar refractivity (Wildman–Crippen MR) is 87.8 cm³/mol. The maximum absolute atomic E-state index is 12.6. The number of para-hydroxylation sites is 2. The molecule has 0 spiro atoms. The van der Waals surface area contributed by atoms with Crippen LogP contribution in [0.2, 0.25) is 0 Å². The van der Waals surface area contributed by atoms with E-state index in [1.54, 1.807) is 19.9 Å². The van der Waals surface area contributed by atoms with Crippen molar-refractivity contribution in [3.8, 4) is 5.75 Å². The van der Waals surface area contributed by atoms with E-state index in [0.717, 1.165) is 0 Å². The number of nitrogens with zero attached hydrogens (tertiary/aromatic N) is 1. The number of nitro groups is 1. The van der Waals surface area contributed by atoms with Gasteiger partial charge in [-0.1, -0.05) is 12.1 Å². The number of nitrogens with one attached hydrogen (secondary N) is 1. The number of ether oxygens (including phenoxy) is 1. The van der Waals surface area contributed by atoms with Crippen molar-refractivity contribution < 1.29 is 19.2 Å². The first-order valence-corrected chi connectivity index (χ1v) is 7.38. The van der Waals surface area contributed by atoms with Gasteiger partial charge in [0.05, 0.1) is 10.6 Å². The van der Waals surface area contributed by atoms with Crippen molar-refractivity contribution in [2.75, 3.05) is 0 Å². The Morgan fingerprint density at radius 3 is 2.42 bits per heavy atom. The van der Waals surface area contributed by atoms with Gasteiger partial charge in [0.15, 0.2) is 17.6 Å². The van der Waals surface area contributed by atoms with E-state index in [1.807, 2.05) is 0 Å². The first kappa shape index (κ1) is 17.4. The third-order valence-electron chi connectivity index (χ3n) is 3.77. The lowest BCUT2D eigenvalue weighted by Crippen LogP contribution is -2.25. The number of carbonyl (C=O) groups is 2. The number of benzene rings is 1. The maximum atomic E-state index is 12.6. The number of aromatic nitrogens is 1. The van der Waals surface area contributed by atoms with Gasteiger partial charge in [0.1, 0.15) is 0 Å². The molecule has 1 aromatic heterocycles. The quantitative estimate of drug-likeness (QED) is 0.497.